The third kappa shape index (κ3) is 16.7. The van der Waals surface area contributed by atoms with Crippen LogP contribution < -0.4 is 4.74 Å². The zero-order valence-electron chi connectivity index (χ0n) is 19.1. The highest BCUT2D eigenvalue weighted by Crippen LogP contribution is 2.16. The Morgan fingerprint density at radius 2 is 1.17 bits per heavy atom. The predicted octanol–water partition coefficient (Wildman–Crippen LogP) is 7.37. The molecule has 0 fully saturated rings. The highest BCUT2D eigenvalue weighted by molar-refractivity contribution is 7.85. The lowest BCUT2D eigenvalue weighted by molar-refractivity contribution is 0.316. The molecular formula is C25H44O4S. The van der Waals surface area contributed by atoms with Gasteiger partial charge >= 0.3 is 0 Å². The van der Waals surface area contributed by atoms with E-state index in [4.69, 9.17) is 9.29 Å². The predicted molar refractivity (Wildman–Crippen MR) is 127 cm³/mol. The lowest BCUT2D eigenvalue weighted by Gasteiger charge is -2.07. The van der Waals surface area contributed by atoms with E-state index >= 15 is 0 Å². The summed E-state index contributed by atoms with van der Waals surface area (Å²) in [6.07, 6.45) is 20.7. The first kappa shape index (κ1) is 27.0. The Hall–Kier alpha value is -1.07. The summed E-state index contributed by atoms with van der Waals surface area (Å²) in [5, 5.41) is 0. The first-order valence-corrected chi connectivity index (χ1v) is 13.8. The van der Waals surface area contributed by atoms with E-state index in [1.54, 1.807) is 0 Å². The maximum absolute atomic E-state index is 10.7. The molecule has 1 N–H and O–H groups in total. The quantitative estimate of drug-likeness (QED) is 0.170. The van der Waals surface area contributed by atoms with Crippen LogP contribution in [-0.2, 0) is 16.5 Å². The lowest BCUT2D eigenvalue weighted by atomic mass is 10.0. The molecule has 5 heteroatoms. The summed E-state index contributed by atoms with van der Waals surface area (Å²) in [7, 11) is -3.89. The zero-order valence-corrected chi connectivity index (χ0v) is 19.9. The van der Waals surface area contributed by atoms with E-state index in [2.05, 4.69) is 19.1 Å². The lowest BCUT2D eigenvalue weighted by Crippen LogP contribution is -2.08. The smallest absolute Gasteiger partial charge is 0.264 e. The summed E-state index contributed by atoms with van der Waals surface area (Å²) in [5.41, 5.74) is 1.32. The molecule has 0 spiro atoms. The van der Waals surface area contributed by atoms with Gasteiger partial charge in [-0.15, -0.1) is 0 Å². The Morgan fingerprint density at radius 3 is 1.63 bits per heavy atom. The first-order valence-electron chi connectivity index (χ1n) is 12.2. The van der Waals surface area contributed by atoms with Crippen molar-refractivity contribution in [2.75, 3.05) is 12.4 Å². The Bertz CT molecular complexity index is 611. The van der Waals surface area contributed by atoms with Gasteiger partial charge in [0.2, 0.25) is 0 Å². The maximum atomic E-state index is 10.7. The number of hydrogen-bond donors (Lipinski definition) is 1. The fourth-order valence-corrected chi connectivity index (χ4v) is 4.19. The van der Waals surface area contributed by atoms with E-state index in [0.29, 0.717) is 6.42 Å². The minimum atomic E-state index is -3.89. The van der Waals surface area contributed by atoms with Crippen molar-refractivity contribution in [1.82, 2.24) is 0 Å². The topological polar surface area (TPSA) is 63.6 Å². The van der Waals surface area contributed by atoms with Crippen molar-refractivity contribution in [2.45, 2.75) is 110 Å². The van der Waals surface area contributed by atoms with Crippen LogP contribution >= 0.6 is 0 Å². The van der Waals surface area contributed by atoms with Gasteiger partial charge < -0.3 is 4.74 Å². The SMILES string of the molecule is CCCCCCCCCCCCCCCCc1ccc(OCCCS(=O)(=O)O)cc1. The van der Waals surface area contributed by atoms with Crippen LogP contribution in [0.5, 0.6) is 5.75 Å². The third-order valence-electron chi connectivity index (χ3n) is 5.56. The summed E-state index contributed by atoms with van der Waals surface area (Å²) in [6, 6.07) is 8.04. The molecule has 0 radical (unpaired) electrons. The fraction of sp³-hybridized carbons (Fsp3) is 0.760. The molecule has 174 valence electrons. The molecule has 0 aliphatic rings. The zero-order chi connectivity index (χ0) is 21.9. The number of hydrogen-bond acceptors (Lipinski definition) is 3. The highest BCUT2D eigenvalue weighted by atomic mass is 32.2. The van der Waals surface area contributed by atoms with E-state index in [-0.39, 0.29) is 12.4 Å². The Labute approximate surface area is 185 Å². The molecule has 0 aromatic heterocycles. The van der Waals surface area contributed by atoms with Crippen molar-refractivity contribution in [2.24, 2.45) is 0 Å². The van der Waals surface area contributed by atoms with Crippen molar-refractivity contribution in [3.63, 3.8) is 0 Å². The molecule has 0 unspecified atom stereocenters. The van der Waals surface area contributed by atoms with E-state index in [0.717, 1.165) is 12.2 Å². The van der Waals surface area contributed by atoms with Gasteiger partial charge in [-0.3, -0.25) is 4.55 Å². The summed E-state index contributed by atoms with van der Waals surface area (Å²) in [6.45, 7) is 2.56. The second-order valence-electron chi connectivity index (χ2n) is 8.48. The second kappa shape index (κ2) is 17.6. The molecular weight excluding hydrogens is 396 g/mol. The van der Waals surface area contributed by atoms with Gasteiger partial charge in [0.05, 0.1) is 12.4 Å². The van der Waals surface area contributed by atoms with Crippen LogP contribution in [0, 0.1) is 0 Å². The molecule has 0 aliphatic heterocycles. The standard InChI is InChI=1S/C25H44O4S/c1-2-3-4-5-6-7-8-9-10-11-12-13-14-15-17-24-18-20-25(21-19-24)29-22-16-23-30(26,27)28/h18-21H,2-17,22-23H2,1H3,(H,26,27,28). The van der Waals surface area contributed by atoms with Crippen molar-refractivity contribution in [3.8, 4) is 5.75 Å². The Kier molecular flexibility index (Phi) is 15.8. The molecule has 30 heavy (non-hydrogen) atoms. The van der Waals surface area contributed by atoms with Crippen LogP contribution in [0.25, 0.3) is 0 Å². The molecule has 1 aromatic rings. The van der Waals surface area contributed by atoms with Gasteiger partial charge in [0.1, 0.15) is 5.75 Å². The minimum Gasteiger partial charge on any atom is -0.494 e. The molecule has 0 amide bonds. The van der Waals surface area contributed by atoms with Crippen LogP contribution in [0.1, 0.15) is 109 Å². The number of unbranched alkanes of at least 4 members (excludes halogenated alkanes) is 13. The molecule has 0 atom stereocenters. The van der Waals surface area contributed by atoms with E-state index in [1.807, 2.05) is 12.1 Å². The van der Waals surface area contributed by atoms with E-state index in [1.165, 1.54) is 95.5 Å². The van der Waals surface area contributed by atoms with Gasteiger partial charge in [-0.2, -0.15) is 8.42 Å². The van der Waals surface area contributed by atoms with Crippen molar-refractivity contribution in [3.05, 3.63) is 29.8 Å². The number of rotatable bonds is 20. The summed E-state index contributed by atoms with van der Waals surface area (Å²) < 4.78 is 35.5. The van der Waals surface area contributed by atoms with Gasteiger partial charge in [-0.1, -0.05) is 103 Å². The summed E-state index contributed by atoms with van der Waals surface area (Å²) in [5.74, 6) is 0.486. The molecule has 0 heterocycles. The molecule has 0 saturated carbocycles. The Morgan fingerprint density at radius 1 is 0.700 bits per heavy atom. The first-order chi connectivity index (χ1) is 14.5. The van der Waals surface area contributed by atoms with Crippen molar-refractivity contribution in [1.29, 1.82) is 0 Å². The van der Waals surface area contributed by atoms with Gasteiger partial charge in [-0.05, 0) is 37.0 Å². The highest BCUT2D eigenvalue weighted by Gasteiger charge is 2.04. The molecule has 1 aromatic carbocycles. The molecule has 4 nitrogen and oxygen atoms in total. The van der Waals surface area contributed by atoms with Crippen LogP contribution in [0.4, 0.5) is 0 Å². The van der Waals surface area contributed by atoms with Crippen molar-refractivity contribution >= 4 is 10.1 Å². The molecule has 0 bridgehead atoms. The minimum absolute atomic E-state index is 0.260. The normalized spacial score (nSPS) is 11.7. The van der Waals surface area contributed by atoms with Crippen LogP contribution in [0.2, 0.25) is 0 Å². The largest absolute Gasteiger partial charge is 0.494 e. The van der Waals surface area contributed by atoms with E-state index < -0.39 is 10.1 Å². The number of aryl methyl sites for hydroxylation is 1. The van der Waals surface area contributed by atoms with Crippen LogP contribution in [0.15, 0.2) is 24.3 Å². The van der Waals surface area contributed by atoms with E-state index in [9.17, 15) is 8.42 Å². The average Bonchev–Trinajstić information content (AvgIpc) is 2.72. The van der Waals surface area contributed by atoms with Crippen LogP contribution in [0.3, 0.4) is 0 Å². The fourth-order valence-electron chi connectivity index (χ4n) is 3.71. The molecule has 1 rings (SSSR count). The van der Waals surface area contributed by atoms with Gasteiger partial charge in [0, 0.05) is 0 Å². The molecule has 0 saturated heterocycles. The maximum Gasteiger partial charge on any atom is 0.264 e. The van der Waals surface area contributed by atoms with Crippen LogP contribution in [-0.4, -0.2) is 25.3 Å². The van der Waals surface area contributed by atoms with Crippen molar-refractivity contribution < 1.29 is 17.7 Å². The summed E-state index contributed by atoms with van der Waals surface area (Å²) >= 11 is 0. The third-order valence-corrected chi connectivity index (χ3v) is 6.36. The molecule has 0 aliphatic carbocycles. The Balaban J connectivity index is 1.92. The second-order valence-corrected chi connectivity index (χ2v) is 10.1. The number of ether oxygens (including phenoxy) is 1. The summed E-state index contributed by atoms with van der Waals surface area (Å²) in [4.78, 5) is 0. The monoisotopic (exact) mass is 440 g/mol. The average molecular weight is 441 g/mol. The van der Waals surface area contributed by atoms with Gasteiger partial charge in [0.25, 0.3) is 10.1 Å². The van der Waals surface area contributed by atoms with Gasteiger partial charge in [-0.25, -0.2) is 0 Å². The number of benzene rings is 1. The van der Waals surface area contributed by atoms with Gasteiger partial charge in [0.15, 0.2) is 0 Å².